The normalized spacial score (nSPS) is 11.6. The van der Waals surface area contributed by atoms with Crippen LogP contribution < -0.4 is 0 Å². The second-order valence-corrected chi connectivity index (χ2v) is 16.8. The first-order valence-electron chi connectivity index (χ1n) is 20.7. The van der Waals surface area contributed by atoms with Gasteiger partial charge in [0.05, 0.1) is 22.4 Å². The summed E-state index contributed by atoms with van der Waals surface area (Å²) < 4.78 is 14.0. The molecule has 6 aromatic heterocycles. The van der Waals surface area contributed by atoms with E-state index in [2.05, 4.69) is 173 Å². The fraction of sp³-hybridized carbons (Fsp3) is 0.0545. The fourth-order valence-electron chi connectivity index (χ4n) is 9.49. The van der Waals surface area contributed by atoms with Gasteiger partial charge in [-0.2, -0.15) is 5.10 Å². The topological polar surface area (TPSA) is 53.2 Å². The first kappa shape index (κ1) is 38.8. The first-order chi connectivity index (χ1) is 30.5. The third kappa shape index (κ3) is 6.32. The third-order valence-electron chi connectivity index (χ3n) is 12.1. The number of aryl methyl sites for hydroxylation is 3. The molecule has 13 aromatic rings. The Morgan fingerprint density at radius 2 is 1.25 bits per heavy atom. The molecule has 0 fully saturated rings. The van der Waals surface area contributed by atoms with Crippen molar-refractivity contribution in [2.75, 3.05) is 0 Å². The quantitative estimate of drug-likeness (QED) is 0.165. The molecule has 13 rings (SSSR count). The van der Waals surface area contributed by atoms with E-state index in [-0.39, 0.29) is 20.1 Å². The number of aromatic nitrogens is 5. The molecule has 63 heavy (non-hydrogen) atoms. The van der Waals surface area contributed by atoms with Gasteiger partial charge in [0.15, 0.2) is 0 Å². The van der Waals surface area contributed by atoms with E-state index in [1.54, 1.807) is 11.3 Å². The second kappa shape index (κ2) is 15.4. The van der Waals surface area contributed by atoms with Crippen molar-refractivity contribution in [2.24, 2.45) is 0 Å². The van der Waals surface area contributed by atoms with Crippen molar-refractivity contribution in [3.8, 4) is 33.9 Å². The Morgan fingerprint density at radius 3 is 2.00 bits per heavy atom. The van der Waals surface area contributed by atoms with E-state index in [9.17, 15) is 0 Å². The van der Waals surface area contributed by atoms with Crippen LogP contribution in [-0.4, -0.2) is 23.7 Å². The molecule has 0 spiro atoms. The van der Waals surface area contributed by atoms with Crippen molar-refractivity contribution in [2.45, 2.75) is 20.8 Å². The smallest absolute Gasteiger partial charge is 0.135 e. The molecule has 0 unspecified atom stereocenters. The molecule has 0 saturated carbocycles. The van der Waals surface area contributed by atoms with Crippen molar-refractivity contribution < 1.29 is 24.5 Å². The van der Waals surface area contributed by atoms with E-state index in [1.165, 1.54) is 65.2 Å². The zero-order chi connectivity index (χ0) is 41.5. The molecule has 0 aliphatic heterocycles. The molecule has 8 heteroatoms. The molecule has 6 heterocycles. The molecule has 6 nitrogen and oxygen atoms in total. The van der Waals surface area contributed by atoms with Gasteiger partial charge in [-0.25, -0.2) is 6.07 Å². The number of imidazole rings is 1. The van der Waals surface area contributed by atoms with Crippen molar-refractivity contribution in [3.05, 3.63) is 198 Å². The molecule has 0 N–H and O–H groups in total. The predicted molar refractivity (Wildman–Crippen MR) is 256 cm³/mol. The molecule has 0 saturated heterocycles. The van der Waals surface area contributed by atoms with Gasteiger partial charge in [-0.05, 0) is 96.9 Å². The monoisotopic (exact) mass is 1010 g/mol. The number of furan rings is 1. The summed E-state index contributed by atoms with van der Waals surface area (Å²) in [5, 5.41) is 13.7. The Morgan fingerprint density at radius 1 is 0.587 bits per heavy atom. The zero-order valence-corrected chi connectivity index (χ0v) is 37.8. The van der Waals surface area contributed by atoms with E-state index in [0.717, 1.165) is 55.6 Å². The Bertz CT molecular complexity index is 3790. The molecule has 7 aromatic carbocycles. The largest absolute Gasteiger partial charge is 0.456 e. The van der Waals surface area contributed by atoms with Crippen molar-refractivity contribution in [1.82, 2.24) is 23.7 Å². The van der Waals surface area contributed by atoms with Gasteiger partial charge in [0, 0.05) is 71.6 Å². The van der Waals surface area contributed by atoms with E-state index >= 15 is 0 Å². The van der Waals surface area contributed by atoms with E-state index in [1.807, 2.05) is 52.8 Å². The second-order valence-electron chi connectivity index (χ2n) is 16.0. The summed E-state index contributed by atoms with van der Waals surface area (Å²) >= 11 is 1.71. The Hall–Kier alpha value is -7.09. The number of rotatable bonds is 4. The number of para-hydroxylation sites is 2. The average molecular weight is 1010 g/mol. The van der Waals surface area contributed by atoms with Crippen LogP contribution in [0.2, 0.25) is 0 Å². The van der Waals surface area contributed by atoms with Crippen LogP contribution in [0.3, 0.4) is 0 Å². The van der Waals surface area contributed by atoms with Crippen LogP contribution in [0, 0.1) is 32.9 Å². The molecular formula is C55H37IrN5OS-2. The van der Waals surface area contributed by atoms with Crippen LogP contribution in [0.4, 0.5) is 0 Å². The molecule has 305 valence electrons. The molecule has 0 bridgehead atoms. The zero-order valence-electron chi connectivity index (χ0n) is 34.6. The Kier molecular flexibility index (Phi) is 9.46. The number of pyridine rings is 1. The predicted octanol–water partition coefficient (Wildman–Crippen LogP) is 14.4. The SMILES string of the molecule is Cc1cc(C)c(-n2ccnc2-c2[c-]cccc2)c(C)c1.[Ir].[c-]1csc2c3cc(-c4ccc5oc6ccc(-n7c8ccccc8c8ccccc87)cc6c5c4)ccc3c3ccnn3c12. The Labute approximate surface area is 380 Å². The van der Waals surface area contributed by atoms with E-state index in [0.29, 0.717) is 0 Å². The number of fused-ring (bicyclic) bond motifs is 12. The van der Waals surface area contributed by atoms with Crippen LogP contribution in [0.25, 0.3) is 104 Å². The van der Waals surface area contributed by atoms with E-state index in [4.69, 9.17) is 4.42 Å². The molecule has 0 aliphatic carbocycles. The maximum atomic E-state index is 6.33. The Balaban J connectivity index is 0.000000179. The maximum absolute atomic E-state index is 6.33. The molecule has 0 atom stereocenters. The molecule has 0 amide bonds. The standard InChI is InChI=1S/C37H20N3OS.C18H17N2.Ir/c1-3-7-31-25(5-1)26-6-2-4-8-32(26)39(31)24-11-14-36-29(21-24)28-19-23(10-13-35(28)41-36)22-9-12-27-30(20-22)37-34(16-18-42-37)40-33(27)15-17-38-40;1-13-11-14(2)17(15(3)12-13)20-10-9-19-18(20)16-7-5-4-6-8-16;/h1-15,17-21H;4-7,9-12H,1-3H3;/q2*-1;. The minimum atomic E-state index is 0. The minimum Gasteiger partial charge on any atom is -0.456 e. The number of hydrogen-bond acceptors (Lipinski definition) is 4. The minimum absolute atomic E-state index is 0. The summed E-state index contributed by atoms with van der Waals surface area (Å²) in [5.74, 6) is 0.931. The van der Waals surface area contributed by atoms with Crippen LogP contribution >= 0.6 is 11.3 Å². The van der Waals surface area contributed by atoms with Gasteiger partial charge in [0.1, 0.15) is 11.2 Å². The van der Waals surface area contributed by atoms with Gasteiger partial charge < -0.3 is 13.6 Å². The fourth-order valence-corrected chi connectivity index (χ4v) is 10.3. The van der Waals surface area contributed by atoms with Gasteiger partial charge in [0.2, 0.25) is 0 Å². The van der Waals surface area contributed by atoms with Gasteiger partial charge in [-0.3, -0.25) is 20.8 Å². The molecular weight excluding hydrogens is 971 g/mol. The van der Waals surface area contributed by atoms with Crippen molar-refractivity contribution in [3.63, 3.8) is 0 Å². The van der Waals surface area contributed by atoms with Crippen LogP contribution in [0.15, 0.2) is 174 Å². The van der Waals surface area contributed by atoms with Gasteiger partial charge in [-0.1, -0.05) is 94.0 Å². The summed E-state index contributed by atoms with van der Waals surface area (Å²) in [5.41, 5.74) is 15.8. The summed E-state index contributed by atoms with van der Waals surface area (Å²) in [7, 11) is 0. The molecule has 0 aliphatic rings. The van der Waals surface area contributed by atoms with Crippen LogP contribution in [0.5, 0.6) is 0 Å². The summed E-state index contributed by atoms with van der Waals surface area (Å²) in [6.45, 7) is 6.42. The first-order valence-corrected chi connectivity index (χ1v) is 21.6. The molecule has 1 radical (unpaired) electrons. The van der Waals surface area contributed by atoms with Crippen LogP contribution in [0.1, 0.15) is 16.7 Å². The van der Waals surface area contributed by atoms with Crippen molar-refractivity contribution >= 4 is 81.6 Å². The van der Waals surface area contributed by atoms with Gasteiger partial charge in [-0.15, -0.1) is 41.3 Å². The maximum Gasteiger partial charge on any atom is 0.135 e. The summed E-state index contributed by atoms with van der Waals surface area (Å²) in [6.07, 6.45) is 5.72. The average Bonchev–Trinajstić information content (AvgIpc) is 4.16. The third-order valence-corrected chi connectivity index (χ3v) is 13.0. The van der Waals surface area contributed by atoms with Crippen LogP contribution in [-0.2, 0) is 20.1 Å². The number of nitrogens with zero attached hydrogens (tertiary/aromatic N) is 5. The number of benzene rings is 7. The summed E-state index contributed by atoms with van der Waals surface area (Å²) in [4.78, 5) is 4.50. The van der Waals surface area contributed by atoms with Crippen molar-refractivity contribution in [1.29, 1.82) is 0 Å². The van der Waals surface area contributed by atoms with Gasteiger partial charge in [0.25, 0.3) is 0 Å². The van der Waals surface area contributed by atoms with E-state index < -0.39 is 0 Å². The number of thiophene rings is 1. The summed E-state index contributed by atoms with van der Waals surface area (Å²) in [6, 6.07) is 58.1. The number of hydrogen-bond donors (Lipinski definition) is 0. The van der Waals surface area contributed by atoms with Gasteiger partial charge >= 0.3 is 0 Å².